The molecule has 38 heavy (non-hydrogen) atoms. The molecule has 5 rings (SSSR count). The molecule has 2 aliphatic heterocycles. The van der Waals surface area contributed by atoms with Crippen LogP contribution in [0.2, 0.25) is 0 Å². The second-order valence-electron chi connectivity index (χ2n) is 9.87. The minimum Gasteiger partial charge on any atom is -0.480 e. The van der Waals surface area contributed by atoms with E-state index in [1.807, 2.05) is 36.4 Å². The lowest BCUT2D eigenvalue weighted by Gasteiger charge is -2.30. The first-order valence-corrected chi connectivity index (χ1v) is 12.8. The average Bonchev–Trinajstić information content (AvgIpc) is 3.66. The predicted molar refractivity (Wildman–Crippen MR) is 136 cm³/mol. The number of methoxy groups -OCH3 is 1. The van der Waals surface area contributed by atoms with E-state index in [9.17, 15) is 19.2 Å². The van der Waals surface area contributed by atoms with E-state index in [4.69, 9.17) is 14.6 Å². The van der Waals surface area contributed by atoms with Gasteiger partial charge in [-0.15, -0.1) is 0 Å². The summed E-state index contributed by atoms with van der Waals surface area (Å²) >= 11 is 0. The number of benzene rings is 2. The maximum Gasteiger partial charge on any atom is 0.410 e. The Morgan fingerprint density at radius 3 is 2.26 bits per heavy atom. The molecule has 0 aromatic heterocycles. The van der Waals surface area contributed by atoms with Gasteiger partial charge in [0.15, 0.2) is 0 Å². The Kier molecular flexibility index (Phi) is 7.33. The highest BCUT2D eigenvalue weighted by Gasteiger charge is 2.45. The fourth-order valence-corrected chi connectivity index (χ4v) is 5.85. The van der Waals surface area contributed by atoms with Crippen LogP contribution in [-0.4, -0.2) is 90.3 Å². The monoisotopic (exact) mass is 521 g/mol. The van der Waals surface area contributed by atoms with Crippen LogP contribution in [-0.2, 0) is 23.9 Å². The normalized spacial score (nSPS) is 22.2. The van der Waals surface area contributed by atoms with Gasteiger partial charge in [0, 0.05) is 32.5 Å². The number of likely N-dealkylation sites (tertiary alicyclic amines) is 2. The third kappa shape index (κ3) is 4.83. The molecule has 0 saturated carbocycles. The van der Waals surface area contributed by atoms with Crippen LogP contribution in [0.4, 0.5) is 4.79 Å². The molecule has 2 N–H and O–H groups in total. The first-order chi connectivity index (χ1) is 18.4. The van der Waals surface area contributed by atoms with E-state index in [0.29, 0.717) is 19.4 Å². The van der Waals surface area contributed by atoms with Crippen molar-refractivity contribution in [1.29, 1.82) is 0 Å². The maximum atomic E-state index is 13.6. The van der Waals surface area contributed by atoms with E-state index in [2.05, 4.69) is 17.4 Å². The van der Waals surface area contributed by atoms with Crippen molar-refractivity contribution in [1.82, 2.24) is 15.1 Å². The van der Waals surface area contributed by atoms with Crippen LogP contribution >= 0.6 is 0 Å². The number of carbonyl (C=O) groups is 4. The van der Waals surface area contributed by atoms with Crippen molar-refractivity contribution in [3.05, 3.63) is 59.7 Å². The van der Waals surface area contributed by atoms with E-state index >= 15 is 0 Å². The van der Waals surface area contributed by atoms with Crippen LogP contribution in [0, 0.1) is 0 Å². The fourth-order valence-electron chi connectivity index (χ4n) is 5.85. The van der Waals surface area contributed by atoms with Crippen LogP contribution in [0.15, 0.2) is 48.5 Å². The van der Waals surface area contributed by atoms with Gasteiger partial charge in [0.25, 0.3) is 0 Å². The predicted octanol–water partition coefficient (Wildman–Crippen LogP) is 2.22. The number of fused-ring (bicyclic) bond motifs is 3. The summed E-state index contributed by atoms with van der Waals surface area (Å²) < 4.78 is 11.2. The molecule has 10 nitrogen and oxygen atoms in total. The Bertz CT molecular complexity index is 1200. The molecule has 0 bridgehead atoms. The van der Waals surface area contributed by atoms with Gasteiger partial charge in [0.2, 0.25) is 11.8 Å². The number of carboxylic acids is 1. The molecular weight excluding hydrogens is 490 g/mol. The summed E-state index contributed by atoms with van der Waals surface area (Å²) in [5.74, 6) is -2.17. The maximum absolute atomic E-state index is 13.6. The van der Waals surface area contributed by atoms with Gasteiger partial charge in [-0.2, -0.15) is 0 Å². The quantitative estimate of drug-likeness (QED) is 0.572. The Hall–Kier alpha value is -3.92. The standard InChI is InChI=1S/C28H31N3O7/c1-37-17-13-24(26(34)29-14-25(32)33)31(15-17)27(35)23-11-6-12-30(23)28(36)38-16-22-20-9-4-2-7-18(20)19-8-3-5-10-21(19)22/h2-5,7-10,17,22-24H,6,11-16H2,1H3,(H,29,34)(H,32,33)/t17-,23+,24+/m1/s1. The van der Waals surface area contributed by atoms with Crippen LogP contribution < -0.4 is 5.32 Å². The van der Waals surface area contributed by atoms with Crippen molar-refractivity contribution >= 4 is 23.9 Å². The summed E-state index contributed by atoms with van der Waals surface area (Å²) in [6, 6.07) is 14.5. The molecule has 200 valence electrons. The molecule has 2 aromatic rings. The van der Waals surface area contributed by atoms with E-state index < -0.39 is 36.6 Å². The molecule has 2 aromatic carbocycles. The number of hydrogen-bond acceptors (Lipinski definition) is 6. The number of aliphatic carboxylic acids is 1. The number of hydrogen-bond donors (Lipinski definition) is 2. The third-order valence-electron chi connectivity index (χ3n) is 7.70. The summed E-state index contributed by atoms with van der Waals surface area (Å²) in [6.07, 6.45) is 0.435. The molecule has 3 atom stereocenters. The SMILES string of the molecule is CO[C@@H]1C[C@@H](C(=O)NCC(=O)O)N(C(=O)[C@@H]2CCCN2C(=O)OCC2c3ccccc3-c3ccccc32)C1. The number of rotatable bonds is 7. The van der Waals surface area contributed by atoms with Gasteiger partial charge in [0.1, 0.15) is 25.2 Å². The van der Waals surface area contributed by atoms with Crippen molar-refractivity contribution in [2.45, 2.75) is 43.4 Å². The van der Waals surface area contributed by atoms with Gasteiger partial charge in [0.05, 0.1) is 6.10 Å². The van der Waals surface area contributed by atoms with Crippen LogP contribution in [0.25, 0.3) is 11.1 Å². The number of nitrogens with one attached hydrogen (secondary N) is 1. The van der Waals surface area contributed by atoms with E-state index in [1.165, 1.54) is 16.9 Å². The number of amides is 3. The summed E-state index contributed by atoms with van der Waals surface area (Å²) in [4.78, 5) is 53.3. The Labute approximate surface area is 220 Å². The van der Waals surface area contributed by atoms with Crippen molar-refractivity contribution < 1.29 is 33.8 Å². The first-order valence-electron chi connectivity index (χ1n) is 12.8. The van der Waals surface area contributed by atoms with Crippen LogP contribution in [0.3, 0.4) is 0 Å². The lowest BCUT2D eigenvalue weighted by Crippen LogP contribution is -2.53. The van der Waals surface area contributed by atoms with Crippen molar-refractivity contribution in [2.75, 3.05) is 33.4 Å². The highest BCUT2D eigenvalue weighted by Crippen LogP contribution is 2.44. The number of carbonyl (C=O) groups excluding carboxylic acids is 3. The third-order valence-corrected chi connectivity index (χ3v) is 7.70. The number of carboxylic acid groups (broad SMARTS) is 1. The molecule has 3 amide bonds. The molecule has 1 aliphatic carbocycles. The zero-order valence-corrected chi connectivity index (χ0v) is 21.2. The molecular formula is C28H31N3O7. The number of nitrogens with zero attached hydrogens (tertiary/aromatic N) is 2. The van der Waals surface area contributed by atoms with Gasteiger partial charge in [-0.25, -0.2) is 4.79 Å². The lowest BCUT2D eigenvalue weighted by atomic mass is 9.98. The molecule has 2 heterocycles. The first kappa shape index (κ1) is 25.7. The van der Waals surface area contributed by atoms with Gasteiger partial charge < -0.3 is 24.8 Å². The smallest absolute Gasteiger partial charge is 0.410 e. The minimum atomic E-state index is -1.17. The molecule has 0 radical (unpaired) electrons. The Morgan fingerprint density at radius 2 is 1.63 bits per heavy atom. The second kappa shape index (κ2) is 10.8. The van der Waals surface area contributed by atoms with Crippen LogP contribution in [0.5, 0.6) is 0 Å². The second-order valence-corrected chi connectivity index (χ2v) is 9.87. The summed E-state index contributed by atoms with van der Waals surface area (Å²) in [5, 5.41) is 11.3. The highest BCUT2D eigenvalue weighted by molar-refractivity contribution is 5.93. The van der Waals surface area contributed by atoms with Gasteiger partial charge in [-0.3, -0.25) is 19.3 Å². The minimum absolute atomic E-state index is 0.0912. The topological polar surface area (TPSA) is 125 Å². The van der Waals surface area contributed by atoms with Crippen molar-refractivity contribution in [3.63, 3.8) is 0 Å². The van der Waals surface area contributed by atoms with Gasteiger partial charge in [-0.1, -0.05) is 48.5 Å². The average molecular weight is 522 g/mol. The lowest BCUT2D eigenvalue weighted by molar-refractivity contribution is -0.142. The molecule has 2 saturated heterocycles. The molecule has 0 unspecified atom stereocenters. The number of ether oxygens (including phenoxy) is 2. The van der Waals surface area contributed by atoms with E-state index in [-0.39, 0.29) is 37.5 Å². The van der Waals surface area contributed by atoms with E-state index in [1.54, 1.807) is 0 Å². The van der Waals surface area contributed by atoms with Crippen molar-refractivity contribution in [3.8, 4) is 11.1 Å². The largest absolute Gasteiger partial charge is 0.480 e. The van der Waals surface area contributed by atoms with Crippen molar-refractivity contribution in [2.24, 2.45) is 0 Å². The molecule has 2 fully saturated rings. The summed E-state index contributed by atoms with van der Waals surface area (Å²) in [6.45, 7) is 0.185. The summed E-state index contributed by atoms with van der Waals surface area (Å²) in [7, 11) is 1.50. The highest BCUT2D eigenvalue weighted by atomic mass is 16.6. The Morgan fingerprint density at radius 1 is 0.974 bits per heavy atom. The molecule has 10 heteroatoms. The fraction of sp³-hybridized carbons (Fsp3) is 0.429. The molecule has 0 spiro atoms. The zero-order valence-electron chi connectivity index (χ0n) is 21.2. The van der Waals surface area contributed by atoms with Gasteiger partial charge >= 0.3 is 12.1 Å². The zero-order chi connectivity index (χ0) is 26.8. The summed E-state index contributed by atoms with van der Waals surface area (Å²) in [5.41, 5.74) is 4.47. The molecule has 3 aliphatic rings. The Balaban J connectivity index is 1.27. The van der Waals surface area contributed by atoms with Gasteiger partial charge in [-0.05, 0) is 35.1 Å². The van der Waals surface area contributed by atoms with Crippen LogP contribution in [0.1, 0.15) is 36.3 Å². The van der Waals surface area contributed by atoms with E-state index in [0.717, 1.165) is 22.3 Å².